The van der Waals surface area contributed by atoms with Gasteiger partial charge in [0.05, 0.1) is 12.5 Å². The zero-order valence-electron chi connectivity index (χ0n) is 5.72. The standard InChI is InChI=1S/C8H11N/c1-4-6-8(5-2)7-9-3/h5,8H,2-3,7H2,1H3. The molecule has 0 saturated carbocycles. The van der Waals surface area contributed by atoms with Gasteiger partial charge in [0.1, 0.15) is 0 Å². The lowest BCUT2D eigenvalue weighted by molar-refractivity contribution is 0.856. The molecule has 0 spiro atoms. The highest BCUT2D eigenvalue weighted by molar-refractivity contribution is 5.24. The van der Waals surface area contributed by atoms with Crippen molar-refractivity contribution in [2.75, 3.05) is 6.54 Å². The molecule has 0 aromatic heterocycles. The second kappa shape index (κ2) is 5.11. The smallest absolute Gasteiger partial charge is 0.0575 e. The summed E-state index contributed by atoms with van der Waals surface area (Å²) in [6, 6.07) is 0. The second-order valence-corrected chi connectivity index (χ2v) is 1.64. The molecule has 0 radical (unpaired) electrons. The van der Waals surface area contributed by atoms with E-state index in [0.717, 1.165) is 0 Å². The molecule has 0 heterocycles. The highest BCUT2D eigenvalue weighted by Crippen LogP contribution is 1.94. The first kappa shape index (κ1) is 7.97. The predicted molar refractivity (Wildman–Crippen MR) is 41.6 cm³/mol. The minimum absolute atomic E-state index is 0.187. The molecule has 1 atom stereocenters. The van der Waals surface area contributed by atoms with Crippen molar-refractivity contribution in [1.29, 1.82) is 0 Å². The molecule has 1 unspecified atom stereocenters. The van der Waals surface area contributed by atoms with Crippen molar-refractivity contribution in [2.24, 2.45) is 10.9 Å². The molecule has 1 heteroatoms. The third kappa shape index (κ3) is 3.54. The molecule has 48 valence electrons. The summed E-state index contributed by atoms with van der Waals surface area (Å²) in [6.07, 6.45) is 1.78. The van der Waals surface area contributed by atoms with Crippen LogP contribution >= 0.6 is 0 Å². The first-order valence-electron chi connectivity index (χ1n) is 2.82. The Morgan fingerprint density at radius 3 is 2.78 bits per heavy atom. The monoisotopic (exact) mass is 121 g/mol. The minimum Gasteiger partial charge on any atom is -0.299 e. The topological polar surface area (TPSA) is 12.4 Å². The van der Waals surface area contributed by atoms with Gasteiger partial charge in [0.15, 0.2) is 0 Å². The quantitative estimate of drug-likeness (QED) is 0.305. The van der Waals surface area contributed by atoms with E-state index in [-0.39, 0.29) is 5.92 Å². The molecular formula is C8H11N. The van der Waals surface area contributed by atoms with Crippen LogP contribution in [0.4, 0.5) is 0 Å². The van der Waals surface area contributed by atoms with Crippen LogP contribution in [0, 0.1) is 17.8 Å². The van der Waals surface area contributed by atoms with Gasteiger partial charge in [-0.25, -0.2) is 0 Å². The molecule has 0 bridgehead atoms. The summed E-state index contributed by atoms with van der Waals surface area (Å²) in [4.78, 5) is 3.70. The molecule has 0 aliphatic heterocycles. The molecule has 9 heavy (non-hydrogen) atoms. The zero-order valence-corrected chi connectivity index (χ0v) is 5.72. The van der Waals surface area contributed by atoms with Gasteiger partial charge in [-0.05, 0) is 13.6 Å². The average molecular weight is 121 g/mol. The number of hydrogen-bond donors (Lipinski definition) is 0. The maximum absolute atomic E-state index is 3.70. The first-order valence-corrected chi connectivity index (χ1v) is 2.82. The van der Waals surface area contributed by atoms with E-state index in [1.54, 1.807) is 13.0 Å². The predicted octanol–water partition coefficient (Wildman–Crippen LogP) is 1.51. The van der Waals surface area contributed by atoms with E-state index < -0.39 is 0 Å². The fourth-order valence-corrected chi connectivity index (χ4v) is 0.504. The number of hydrogen-bond acceptors (Lipinski definition) is 1. The Bertz CT molecular complexity index is 148. The van der Waals surface area contributed by atoms with Gasteiger partial charge in [-0.2, -0.15) is 0 Å². The molecule has 1 nitrogen and oxygen atoms in total. The van der Waals surface area contributed by atoms with Gasteiger partial charge in [-0.15, -0.1) is 12.5 Å². The molecule has 0 fully saturated rings. The van der Waals surface area contributed by atoms with Crippen LogP contribution in [0.5, 0.6) is 0 Å². The number of aliphatic imine (C=N–C) groups is 1. The van der Waals surface area contributed by atoms with Crippen LogP contribution in [-0.2, 0) is 0 Å². The maximum Gasteiger partial charge on any atom is 0.0575 e. The molecule has 0 aliphatic rings. The summed E-state index contributed by atoms with van der Waals surface area (Å²) in [5.41, 5.74) is 0. The van der Waals surface area contributed by atoms with E-state index >= 15 is 0 Å². The molecule has 0 N–H and O–H groups in total. The zero-order chi connectivity index (χ0) is 7.11. The lowest BCUT2D eigenvalue weighted by atomic mass is 10.1. The molecule has 0 amide bonds. The van der Waals surface area contributed by atoms with Crippen LogP contribution in [0.2, 0.25) is 0 Å². The highest BCUT2D eigenvalue weighted by atomic mass is 14.7. The molecule has 0 aromatic carbocycles. The Hall–Kier alpha value is -1.03. The molecule has 0 rings (SSSR count). The van der Waals surface area contributed by atoms with Crippen molar-refractivity contribution in [2.45, 2.75) is 6.92 Å². The second-order valence-electron chi connectivity index (χ2n) is 1.64. The van der Waals surface area contributed by atoms with Gasteiger partial charge >= 0.3 is 0 Å². The van der Waals surface area contributed by atoms with Crippen LogP contribution in [0.1, 0.15) is 6.92 Å². The SMILES string of the molecule is C=CC(C#CC)CN=C. The van der Waals surface area contributed by atoms with Crippen LogP contribution in [-0.4, -0.2) is 13.3 Å². The largest absolute Gasteiger partial charge is 0.299 e. The Kier molecular flexibility index (Phi) is 4.53. The molecule has 0 saturated heterocycles. The maximum atomic E-state index is 3.70. The summed E-state index contributed by atoms with van der Waals surface area (Å²) < 4.78 is 0. The molecule has 0 aromatic rings. The van der Waals surface area contributed by atoms with Gasteiger partial charge in [0, 0.05) is 0 Å². The van der Waals surface area contributed by atoms with Crippen LogP contribution in [0.3, 0.4) is 0 Å². The lowest BCUT2D eigenvalue weighted by Crippen LogP contribution is -1.95. The summed E-state index contributed by atoms with van der Waals surface area (Å²) in [5, 5.41) is 0. The normalized spacial score (nSPS) is 10.8. The third-order valence-corrected chi connectivity index (χ3v) is 0.940. The molecular weight excluding hydrogens is 110 g/mol. The van der Waals surface area contributed by atoms with E-state index in [2.05, 4.69) is 30.1 Å². The summed E-state index contributed by atoms with van der Waals surface area (Å²) in [6.45, 7) is 9.44. The Balaban J connectivity index is 3.76. The van der Waals surface area contributed by atoms with Crippen LogP contribution in [0.25, 0.3) is 0 Å². The number of rotatable bonds is 3. The average Bonchev–Trinajstić information content (AvgIpc) is 1.88. The lowest BCUT2D eigenvalue weighted by Gasteiger charge is -1.95. The summed E-state index contributed by atoms with van der Waals surface area (Å²) in [7, 11) is 0. The van der Waals surface area contributed by atoms with Gasteiger partial charge in [-0.1, -0.05) is 12.0 Å². The van der Waals surface area contributed by atoms with E-state index in [9.17, 15) is 0 Å². The van der Waals surface area contributed by atoms with E-state index in [1.165, 1.54) is 0 Å². The third-order valence-electron chi connectivity index (χ3n) is 0.940. The van der Waals surface area contributed by atoms with Crippen molar-refractivity contribution in [3.8, 4) is 11.8 Å². The van der Waals surface area contributed by atoms with E-state index in [1.807, 2.05) is 0 Å². The van der Waals surface area contributed by atoms with Gasteiger partial charge in [-0.3, -0.25) is 4.99 Å². The van der Waals surface area contributed by atoms with Gasteiger partial charge < -0.3 is 0 Å². The van der Waals surface area contributed by atoms with E-state index in [0.29, 0.717) is 6.54 Å². The van der Waals surface area contributed by atoms with Gasteiger partial charge in [0.2, 0.25) is 0 Å². The Morgan fingerprint density at radius 1 is 1.78 bits per heavy atom. The highest BCUT2D eigenvalue weighted by Gasteiger charge is 1.93. The molecule has 0 aliphatic carbocycles. The van der Waals surface area contributed by atoms with Crippen LogP contribution in [0.15, 0.2) is 17.6 Å². The first-order chi connectivity index (χ1) is 4.35. The fraction of sp³-hybridized carbons (Fsp3) is 0.375. The number of nitrogens with zero attached hydrogens (tertiary/aromatic N) is 1. The fourth-order valence-electron chi connectivity index (χ4n) is 0.504. The van der Waals surface area contributed by atoms with Crippen molar-refractivity contribution < 1.29 is 0 Å². The van der Waals surface area contributed by atoms with Crippen molar-refractivity contribution in [1.82, 2.24) is 0 Å². The Morgan fingerprint density at radius 2 is 2.44 bits per heavy atom. The van der Waals surface area contributed by atoms with Crippen LogP contribution < -0.4 is 0 Å². The van der Waals surface area contributed by atoms with Gasteiger partial charge in [0.25, 0.3) is 0 Å². The Labute approximate surface area is 56.5 Å². The summed E-state index contributed by atoms with van der Waals surface area (Å²) >= 11 is 0. The minimum atomic E-state index is 0.187. The van der Waals surface area contributed by atoms with E-state index in [4.69, 9.17) is 0 Å². The van der Waals surface area contributed by atoms with Crippen molar-refractivity contribution in [3.63, 3.8) is 0 Å². The van der Waals surface area contributed by atoms with Crippen molar-refractivity contribution in [3.05, 3.63) is 12.7 Å². The van der Waals surface area contributed by atoms with Crippen molar-refractivity contribution >= 4 is 6.72 Å². The summed E-state index contributed by atoms with van der Waals surface area (Å²) in [5.74, 6) is 5.91.